The van der Waals surface area contributed by atoms with Gasteiger partial charge in [-0.2, -0.15) is 0 Å². The summed E-state index contributed by atoms with van der Waals surface area (Å²) in [6, 6.07) is 19.7. The molecule has 3 N–H and O–H groups in total. The Labute approximate surface area is 463 Å². The van der Waals surface area contributed by atoms with Crippen molar-refractivity contribution < 1.29 is 33.6 Å². The lowest BCUT2D eigenvalue weighted by atomic mass is 9.80. The van der Waals surface area contributed by atoms with Crippen LogP contribution in [0.1, 0.15) is 269 Å². The van der Waals surface area contributed by atoms with Gasteiger partial charge in [0.2, 0.25) is 0 Å². The van der Waals surface area contributed by atoms with Gasteiger partial charge >= 0.3 is 8.60 Å². The van der Waals surface area contributed by atoms with Crippen molar-refractivity contribution in [2.75, 3.05) is 26.4 Å². The van der Waals surface area contributed by atoms with Crippen molar-refractivity contribution in [3.8, 4) is 17.2 Å². The minimum atomic E-state index is -1.89. The van der Waals surface area contributed by atoms with E-state index in [1.807, 2.05) is 0 Å². The number of ether oxygens (including phenoxy) is 1. The lowest BCUT2D eigenvalue weighted by molar-refractivity contribution is -0.117. The van der Waals surface area contributed by atoms with Gasteiger partial charge in [-0.25, -0.2) is 0 Å². The molecule has 1 unspecified atom stereocenters. The number of unbranched alkanes of at least 4 members (excludes halogenated alkanes) is 8. The summed E-state index contributed by atoms with van der Waals surface area (Å²) in [4.78, 5) is 0. The van der Waals surface area contributed by atoms with Crippen LogP contribution < -0.4 is 13.6 Å². The summed E-state index contributed by atoms with van der Waals surface area (Å²) in [7, 11) is -1.89. The van der Waals surface area contributed by atoms with E-state index < -0.39 is 14.0 Å². The van der Waals surface area contributed by atoms with E-state index in [0.717, 1.165) is 77.9 Å². The summed E-state index contributed by atoms with van der Waals surface area (Å²) in [5.74, 6) is 3.94. The molecule has 75 heavy (non-hydrogen) atoms. The van der Waals surface area contributed by atoms with Crippen LogP contribution in [0, 0.1) is 17.3 Å². The average molecular weight is 1060 g/mol. The zero-order valence-corrected chi connectivity index (χ0v) is 53.3. The Balaban J connectivity index is 0.000000574. The van der Waals surface area contributed by atoms with Crippen LogP contribution in [-0.2, 0) is 37.2 Å². The largest absolute Gasteiger partial charge is 0.530 e. The first-order valence-electron chi connectivity index (χ1n) is 29.2. The lowest BCUT2D eigenvalue weighted by Crippen LogP contribution is -2.46. The van der Waals surface area contributed by atoms with Crippen LogP contribution in [-0.4, -0.2) is 47.9 Å². The Morgan fingerprint density at radius 2 is 0.653 bits per heavy atom. The summed E-state index contributed by atoms with van der Waals surface area (Å²) in [6.07, 6.45) is 15.1. The number of hydrogen-bond donors (Lipinski definition) is 3. The maximum absolute atomic E-state index is 9.82. The van der Waals surface area contributed by atoms with Crippen molar-refractivity contribution in [2.45, 2.75) is 274 Å². The molecule has 0 saturated carbocycles. The molecule has 0 aliphatic rings. The van der Waals surface area contributed by atoms with E-state index in [4.69, 9.17) is 18.3 Å². The molecule has 3 aromatic rings. The van der Waals surface area contributed by atoms with Gasteiger partial charge in [0.05, 0.1) is 31.3 Å². The Morgan fingerprint density at radius 1 is 0.373 bits per heavy atom. The predicted molar refractivity (Wildman–Crippen MR) is 323 cm³/mol. The van der Waals surface area contributed by atoms with Crippen LogP contribution in [0.25, 0.3) is 0 Å². The molecular weight excluding hydrogens is 948 g/mol. The Morgan fingerprint density at radius 3 is 0.920 bits per heavy atom. The lowest BCUT2D eigenvalue weighted by Gasteiger charge is -2.36. The maximum atomic E-state index is 9.82. The van der Waals surface area contributed by atoms with Gasteiger partial charge in [0.25, 0.3) is 0 Å². The summed E-state index contributed by atoms with van der Waals surface area (Å²) in [5, 5.41) is 29.4. The molecule has 0 radical (unpaired) electrons. The fourth-order valence-corrected chi connectivity index (χ4v) is 10.2. The van der Waals surface area contributed by atoms with Crippen LogP contribution in [0.4, 0.5) is 0 Å². The average Bonchev–Trinajstić information content (AvgIpc) is 3.28. The van der Waals surface area contributed by atoms with Crippen LogP contribution in [0.5, 0.6) is 17.2 Å². The molecule has 0 aliphatic heterocycles. The van der Waals surface area contributed by atoms with Crippen LogP contribution in [0.15, 0.2) is 54.6 Å². The van der Waals surface area contributed by atoms with Gasteiger partial charge in [-0.3, -0.25) is 0 Å². The maximum Gasteiger partial charge on any atom is 0.530 e. The van der Waals surface area contributed by atoms with Crippen LogP contribution >= 0.6 is 8.60 Å². The minimum absolute atomic E-state index is 0.0170. The van der Waals surface area contributed by atoms with Gasteiger partial charge in [-0.05, 0) is 92.1 Å². The van der Waals surface area contributed by atoms with E-state index in [0.29, 0.717) is 6.61 Å². The number of rotatable bonds is 27. The highest BCUT2D eigenvalue weighted by Gasteiger charge is 2.38. The Kier molecular flexibility index (Phi) is 27.4. The smallest absolute Gasteiger partial charge is 0.408 e. The van der Waals surface area contributed by atoms with Gasteiger partial charge in [-0.1, -0.05) is 259 Å². The van der Waals surface area contributed by atoms with Crippen molar-refractivity contribution >= 4 is 8.60 Å². The Bertz CT molecular complexity index is 1880. The molecule has 0 bridgehead atoms. The fourth-order valence-electron chi connectivity index (χ4n) is 9.13. The predicted octanol–water partition coefficient (Wildman–Crippen LogP) is 19.0. The SMILES string of the molecule is CC(C)(C)c1ccc(OP(Oc2ccc(C(C)(C)C)cc2C(C)(C)C)Oc2ccc(C(C)(C)C)cc2C(C)(C)C)c(C(C)(C)C)c1.CC(C)CCCCCCCOC(CCCCCCCC(C)C)C(CO)(CO)CO. The van der Waals surface area contributed by atoms with E-state index in [1.165, 1.54) is 68.1 Å². The van der Waals surface area contributed by atoms with E-state index in [-0.39, 0.29) is 58.4 Å². The fraction of sp³-hybridized carbons (Fsp3) is 0.731. The summed E-state index contributed by atoms with van der Waals surface area (Å²) >= 11 is 0. The highest BCUT2D eigenvalue weighted by molar-refractivity contribution is 7.43. The zero-order chi connectivity index (χ0) is 57.2. The highest BCUT2D eigenvalue weighted by Crippen LogP contribution is 2.50. The van der Waals surface area contributed by atoms with Gasteiger partial charge in [0.1, 0.15) is 17.2 Å². The van der Waals surface area contributed by atoms with E-state index in [2.05, 4.69) is 207 Å². The minimum Gasteiger partial charge on any atom is -0.408 e. The number of hydrogen-bond acceptors (Lipinski definition) is 7. The summed E-state index contributed by atoms with van der Waals surface area (Å²) in [6.45, 7) is 49.3. The van der Waals surface area contributed by atoms with Crippen LogP contribution in [0.2, 0.25) is 0 Å². The number of aliphatic hydroxyl groups is 3. The highest BCUT2D eigenvalue weighted by atomic mass is 31.2. The van der Waals surface area contributed by atoms with Gasteiger partial charge in [0, 0.05) is 23.3 Å². The van der Waals surface area contributed by atoms with Gasteiger partial charge < -0.3 is 33.6 Å². The topological polar surface area (TPSA) is 97.6 Å². The van der Waals surface area contributed by atoms with Crippen molar-refractivity contribution in [3.63, 3.8) is 0 Å². The van der Waals surface area contributed by atoms with E-state index in [9.17, 15) is 15.3 Å². The third-order valence-corrected chi connectivity index (χ3v) is 15.6. The van der Waals surface area contributed by atoms with Crippen LogP contribution in [0.3, 0.4) is 0 Å². The molecule has 1 atom stereocenters. The van der Waals surface area contributed by atoms with Crippen molar-refractivity contribution in [3.05, 3.63) is 88.0 Å². The Hall–Kier alpha value is -2.67. The number of aliphatic hydroxyl groups excluding tert-OH is 3. The number of benzene rings is 3. The van der Waals surface area contributed by atoms with E-state index in [1.54, 1.807) is 0 Å². The molecule has 430 valence electrons. The first-order valence-corrected chi connectivity index (χ1v) is 30.3. The molecule has 0 saturated heterocycles. The molecule has 0 fully saturated rings. The summed E-state index contributed by atoms with van der Waals surface area (Å²) < 4.78 is 26.8. The molecule has 8 heteroatoms. The van der Waals surface area contributed by atoms with Gasteiger partial charge in [-0.15, -0.1) is 0 Å². The second-order valence-electron chi connectivity index (χ2n) is 29.0. The molecule has 3 rings (SSSR count). The van der Waals surface area contributed by atoms with Crippen molar-refractivity contribution in [1.29, 1.82) is 0 Å². The third kappa shape index (κ3) is 23.7. The molecule has 0 heterocycles. The monoisotopic (exact) mass is 1060 g/mol. The quantitative estimate of drug-likeness (QED) is 0.0517. The van der Waals surface area contributed by atoms with E-state index >= 15 is 0 Å². The van der Waals surface area contributed by atoms with Crippen molar-refractivity contribution in [2.24, 2.45) is 17.3 Å². The first-order chi connectivity index (χ1) is 34.5. The normalized spacial score (nSPS) is 13.6. The molecule has 0 aromatic heterocycles. The standard InChI is InChI=1S/C42H63O3P.C25H52O4/c1-37(2,3)28-19-22-34(31(25-28)40(10,11)12)43-46(44-35-23-20-29(38(4,5)6)26-32(35)41(13,14)15)45-36-24-21-30(39(7,8)9)27-33(36)42(16,17)18;1-22(2)15-11-7-5-9-13-17-24(25(19-26,20-27)21-28)29-18-14-10-6-8-12-16-23(3)4/h19-27H,1-18H3;22-24,26-28H,5-21H2,1-4H3. The third-order valence-electron chi connectivity index (χ3n) is 14.6. The van der Waals surface area contributed by atoms with Gasteiger partial charge in [0.15, 0.2) is 0 Å². The molecular formula is C67H115O7P. The summed E-state index contributed by atoms with van der Waals surface area (Å²) in [5.41, 5.74) is 5.91. The van der Waals surface area contributed by atoms with Crippen molar-refractivity contribution in [1.82, 2.24) is 0 Å². The molecule has 0 aliphatic carbocycles. The zero-order valence-electron chi connectivity index (χ0n) is 52.4. The molecule has 7 nitrogen and oxygen atoms in total. The second kappa shape index (κ2) is 30.1. The second-order valence-corrected chi connectivity index (χ2v) is 30.0. The molecule has 3 aromatic carbocycles. The molecule has 0 spiro atoms. The first kappa shape index (κ1) is 68.4. The molecule has 0 amide bonds.